The zero-order valence-electron chi connectivity index (χ0n) is 19.3. The molecule has 0 saturated heterocycles. The number of anilines is 1. The van der Waals surface area contributed by atoms with Gasteiger partial charge in [0.15, 0.2) is 0 Å². The average Bonchev–Trinajstić information content (AvgIpc) is 3.23. The Morgan fingerprint density at radius 2 is 1.37 bits per heavy atom. The number of fused-ring (bicyclic) bond motifs is 1. The molecule has 1 atom stereocenters. The second-order valence-corrected chi connectivity index (χ2v) is 10.5. The first kappa shape index (κ1) is 23.0. The molecule has 1 heterocycles. The molecule has 5 nitrogen and oxygen atoms in total. The maximum Gasteiger partial charge on any atom is 0.258 e. The van der Waals surface area contributed by atoms with Crippen molar-refractivity contribution in [3.63, 3.8) is 0 Å². The molecule has 0 bridgehead atoms. The van der Waals surface area contributed by atoms with Crippen molar-refractivity contribution < 1.29 is 13.2 Å². The molecule has 35 heavy (non-hydrogen) atoms. The topological polar surface area (TPSA) is 66.5 Å². The Balaban J connectivity index is 1.46. The fourth-order valence-electron chi connectivity index (χ4n) is 4.65. The summed E-state index contributed by atoms with van der Waals surface area (Å²) < 4.78 is 29.9. The van der Waals surface area contributed by atoms with Crippen molar-refractivity contribution >= 4 is 21.6 Å². The minimum absolute atomic E-state index is 0.0648. The SMILES string of the molecule is C[C@H]1Cc2cc(S(=O)(=O)NC(c3ccccc3)c3ccccc3)ccc2N1C(=O)c1ccccc1. The molecule has 0 aromatic heterocycles. The molecule has 0 fully saturated rings. The maximum atomic E-state index is 13.5. The number of sulfonamides is 1. The summed E-state index contributed by atoms with van der Waals surface area (Å²) in [7, 11) is -3.84. The second kappa shape index (κ2) is 9.49. The van der Waals surface area contributed by atoms with Crippen LogP contribution in [-0.2, 0) is 16.4 Å². The van der Waals surface area contributed by atoms with E-state index in [0.717, 1.165) is 22.4 Å². The fourth-order valence-corrected chi connectivity index (χ4v) is 5.91. The van der Waals surface area contributed by atoms with E-state index in [1.165, 1.54) is 0 Å². The lowest BCUT2D eigenvalue weighted by Crippen LogP contribution is -2.35. The van der Waals surface area contributed by atoms with Gasteiger partial charge in [-0.05, 0) is 60.4 Å². The first-order valence-corrected chi connectivity index (χ1v) is 13.1. The third-order valence-corrected chi connectivity index (χ3v) is 7.78. The highest BCUT2D eigenvalue weighted by Crippen LogP contribution is 2.35. The molecule has 0 aliphatic carbocycles. The summed E-state index contributed by atoms with van der Waals surface area (Å²) in [5, 5.41) is 0. The van der Waals surface area contributed by atoms with E-state index in [1.54, 1.807) is 35.2 Å². The number of benzene rings is 4. The highest BCUT2D eigenvalue weighted by atomic mass is 32.2. The van der Waals surface area contributed by atoms with Crippen molar-refractivity contribution in [2.45, 2.75) is 30.3 Å². The zero-order chi connectivity index (χ0) is 24.4. The van der Waals surface area contributed by atoms with Gasteiger partial charge in [-0.1, -0.05) is 78.9 Å². The Bertz CT molecular complexity index is 1400. The largest absolute Gasteiger partial charge is 0.305 e. The van der Waals surface area contributed by atoms with Gasteiger partial charge in [-0.15, -0.1) is 0 Å². The Morgan fingerprint density at radius 3 is 1.94 bits per heavy atom. The number of hydrogen-bond donors (Lipinski definition) is 1. The van der Waals surface area contributed by atoms with E-state index in [2.05, 4.69) is 4.72 Å². The lowest BCUT2D eigenvalue weighted by molar-refractivity contribution is 0.0981. The van der Waals surface area contributed by atoms with Crippen LogP contribution in [0, 0.1) is 0 Å². The van der Waals surface area contributed by atoms with E-state index >= 15 is 0 Å². The van der Waals surface area contributed by atoms with Gasteiger partial charge in [0.1, 0.15) is 0 Å². The van der Waals surface area contributed by atoms with Crippen LogP contribution in [0.15, 0.2) is 114 Å². The number of carbonyl (C=O) groups excluding carboxylic acids is 1. The van der Waals surface area contributed by atoms with Crippen LogP contribution < -0.4 is 9.62 Å². The second-order valence-electron chi connectivity index (χ2n) is 8.76. The molecule has 4 aromatic rings. The van der Waals surface area contributed by atoms with Crippen molar-refractivity contribution in [2.75, 3.05) is 4.90 Å². The van der Waals surface area contributed by atoms with Gasteiger partial charge >= 0.3 is 0 Å². The minimum atomic E-state index is -3.84. The zero-order valence-corrected chi connectivity index (χ0v) is 20.2. The van der Waals surface area contributed by atoms with Crippen LogP contribution in [0.1, 0.15) is 40.0 Å². The maximum absolute atomic E-state index is 13.5. The number of rotatable bonds is 6. The van der Waals surface area contributed by atoms with Gasteiger partial charge in [0.05, 0.1) is 10.9 Å². The molecular formula is C29H26N2O3S. The van der Waals surface area contributed by atoms with Gasteiger partial charge in [-0.25, -0.2) is 8.42 Å². The first-order valence-electron chi connectivity index (χ1n) is 11.6. The highest BCUT2D eigenvalue weighted by Gasteiger charge is 2.33. The fraction of sp³-hybridized carbons (Fsp3) is 0.138. The average molecular weight is 483 g/mol. The van der Waals surface area contributed by atoms with E-state index in [0.29, 0.717) is 12.0 Å². The van der Waals surface area contributed by atoms with E-state index < -0.39 is 16.1 Å². The third-order valence-electron chi connectivity index (χ3n) is 6.36. The predicted octanol–water partition coefficient (Wildman–Crippen LogP) is 5.35. The van der Waals surface area contributed by atoms with Crippen molar-refractivity contribution in [1.82, 2.24) is 4.72 Å². The van der Waals surface area contributed by atoms with Gasteiger partial charge < -0.3 is 4.90 Å². The summed E-state index contributed by atoms with van der Waals surface area (Å²) in [5.74, 6) is -0.0844. The van der Waals surface area contributed by atoms with Crippen LogP contribution in [-0.4, -0.2) is 20.4 Å². The molecule has 1 N–H and O–H groups in total. The Kier molecular flexibility index (Phi) is 6.24. The number of amides is 1. The molecule has 0 spiro atoms. The lowest BCUT2D eigenvalue weighted by Gasteiger charge is -2.23. The molecule has 4 aromatic carbocycles. The molecular weight excluding hydrogens is 456 g/mol. The van der Waals surface area contributed by atoms with Crippen LogP contribution in [0.2, 0.25) is 0 Å². The molecule has 1 aliphatic rings. The monoisotopic (exact) mass is 482 g/mol. The normalized spacial score (nSPS) is 15.3. The molecule has 6 heteroatoms. The van der Waals surface area contributed by atoms with E-state index in [4.69, 9.17) is 0 Å². The smallest absolute Gasteiger partial charge is 0.258 e. The molecule has 176 valence electrons. The number of carbonyl (C=O) groups is 1. The predicted molar refractivity (Wildman–Crippen MR) is 138 cm³/mol. The van der Waals surface area contributed by atoms with Crippen molar-refractivity contribution in [1.29, 1.82) is 0 Å². The molecule has 0 radical (unpaired) electrons. The summed E-state index contributed by atoms with van der Waals surface area (Å²) in [6, 6.07) is 32.6. The summed E-state index contributed by atoms with van der Waals surface area (Å²) in [4.78, 5) is 15.1. The third kappa shape index (κ3) is 4.63. The summed E-state index contributed by atoms with van der Waals surface area (Å²) in [6.45, 7) is 1.98. The van der Waals surface area contributed by atoms with E-state index in [9.17, 15) is 13.2 Å². The molecule has 1 aliphatic heterocycles. The molecule has 0 unspecified atom stereocenters. The van der Waals surface area contributed by atoms with Gasteiger partial charge in [-0.2, -0.15) is 4.72 Å². The summed E-state index contributed by atoms with van der Waals surface area (Å²) in [6.07, 6.45) is 0.595. The summed E-state index contributed by atoms with van der Waals surface area (Å²) in [5.41, 5.74) is 3.93. The van der Waals surface area contributed by atoms with Crippen LogP contribution in [0.25, 0.3) is 0 Å². The van der Waals surface area contributed by atoms with Gasteiger partial charge in [0.25, 0.3) is 5.91 Å². The van der Waals surface area contributed by atoms with E-state index in [-0.39, 0.29) is 16.8 Å². The number of nitrogens with one attached hydrogen (secondary N) is 1. The Morgan fingerprint density at radius 1 is 0.829 bits per heavy atom. The Hall–Kier alpha value is -3.74. The summed E-state index contributed by atoms with van der Waals surface area (Å²) >= 11 is 0. The quantitative estimate of drug-likeness (QED) is 0.403. The highest BCUT2D eigenvalue weighted by molar-refractivity contribution is 7.89. The molecule has 0 saturated carbocycles. The van der Waals surface area contributed by atoms with Gasteiger partial charge in [0.2, 0.25) is 10.0 Å². The van der Waals surface area contributed by atoms with Crippen molar-refractivity contribution in [2.24, 2.45) is 0 Å². The molecule has 5 rings (SSSR count). The van der Waals surface area contributed by atoms with Gasteiger partial charge in [-0.3, -0.25) is 4.79 Å². The number of nitrogens with zero attached hydrogens (tertiary/aromatic N) is 1. The van der Waals surface area contributed by atoms with Crippen LogP contribution in [0.5, 0.6) is 0 Å². The minimum Gasteiger partial charge on any atom is -0.305 e. The van der Waals surface area contributed by atoms with Crippen molar-refractivity contribution in [3.05, 3.63) is 131 Å². The number of hydrogen-bond acceptors (Lipinski definition) is 3. The standard InChI is InChI=1S/C29H26N2O3S/c1-21-19-25-20-26(17-18-27(25)31(21)29(32)24-15-9-4-10-16-24)35(33,34)30-28(22-11-5-2-6-12-22)23-13-7-3-8-14-23/h2-18,20-21,28,30H,19H2,1H3/t21-/m0/s1. The van der Waals surface area contributed by atoms with Crippen molar-refractivity contribution in [3.8, 4) is 0 Å². The van der Waals surface area contributed by atoms with E-state index in [1.807, 2.05) is 85.8 Å². The lowest BCUT2D eigenvalue weighted by atomic mass is 10.00. The van der Waals surface area contributed by atoms with Crippen LogP contribution in [0.4, 0.5) is 5.69 Å². The van der Waals surface area contributed by atoms with Crippen LogP contribution >= 0.6 is 0 Å². The van der Waals surface area contributed by atoms with Gasteiger partial charge in [0, 0.05) is 17.3 Å². The first-order chi connectivity index (χ1) is 16.9. The molecule has 1 amide bonds. The van der Waals surface area contributed by atoms with Crippen LogP contribution in [0.3, 0.4) is 0 Å². The Labute approximate surface area is 206 Å².